The van der Waals surface area contributed by atoms with Gasteiger partial charge in [-0.25, -0.2) is 0 Å². The lowest BCUT2D eigenvalue weighted by Gasteiger charge is -2.30. The van der Waals surface area contributed by atoms with E-state index in [9.17, 15) is 0 Å². The van der Waals surface area contributed by atoms with E-state index in [0.29, 0.717) is 0 Å². The summed E-state index contributed by atoms with van der Waals surface area (Å²) in [5, 5.41) is 7.55. The minimum atomic E-state index is 1.13. The minimum absolute atomic E-state index is 1.13. The summed E-state index contributed by atoms with van der Waals surface area (Å²) in [6.07, 6.45) is 0. The molecule has 1 aromatic heterocycles. The number of nitrogens with zero attached hydrogens (tertiary/aromatic N) is 1. The van der Waals surface area contributed by atoms with Crippen molar-refractivity contribution in [1.29, 1.82) is 0 Å². The molecule has 0 N–H and O–H groups in total. The quantitative estimate of drug-likeness (QED) is 0.158. The lowest BCUT2D eigenvalue weighted by molar-refractivity contribution is 1.31. The lowest BCUT2D eigenvalue weighted by Crippen LogP contribution is -2.12. The van der Waals surface area contributed by atoms with Gasteiger partial charge in [0.25, 0.3) is 0 Å². The first-order valence-corrected chi connectivity index (χ1v) is 18.6. The Morgan fingerprint density at radius 1 is 0.308 bits per heavy atom. The standard InChI is InChI=1S/C50H33NS/c1-2-16-34(17-3-1)37-19-6-7-21-39(37)41-23-8-9-24-42(41)43-25-12-14-28-47(43)51(36-30-31-46-45-27-13-15-29-49(45)52-50(46)33-36)48-32-35-18-4-5-20-38(35)40-22-10-11-26-44(40)48/h1-33H. The van der Waals surface area contributed by atoms with Gasteiger partial charge in [0, 0.05) is 36.8 Å². The van der Waals surface area contributed by atoms with Crippen molar-refractivity contribution < 1.29 is 0 Å². The van der Waals surface area contributed by atoms with Crippen LogP contribution >= 0.6 is 11.3 Å². The van der Waals surface area contributed by atoms with Crippen molar-refractivity contribution in [3.8, 4) is 33.4 Å². The van der Waals surface area contributed by atoms with Gasteiger partial charge in [-0.15, -0.1) is 11.3 Å². The van der Waals surface area contributed by atoms with Crippen LogP contribution in [0.2, 0.25) is 0 Å². The van der Waals surface area contributed by atoms with Crippen LogP contribution in [0.3, 0.4) is 0 Å². The Hall–Kier alpha value is -6.48. The summed E-state index contributed by atoms with van der Waals surface area (Å²) in [5.41, 5.74) is 10.6. The van der Waals surface area contributed by atoms with Gasteiger partial charge in [-0.3, -0.25) is 0 Å². The van der Waals surface area contributed by atoms with Crippen LogP contribution in [0.5, 0.6) is 0 Å². The molecule has 0 saturated carbocycles. The molecule has 0 aliphatic heterocycles. The van der Waals surface area contributed by atoms with Crippen LogP contribution in [0.4, 0.5) is 17.1 Å². The highest BCUT2D eigenvalue weighted by Crippen LogP contribution is 2.48. The van der Waals surface area contributed by atoms with E-state index in [-0.39, 0.29) is 0 Å². The number of hydrogen-bond donors (Lipinski definition) is 0. The summed E-state index contributed by atoms with van der Waals surface area (Å²) in [4.78, 5) is 2.49. The highest BCUT2D eigenvalue weighted by molar-refractivity contribution is 7.25. The average Bonchev–Trinajstić information content (AvgIpc) is 3.59. The Bertz CT molecular complexity index is 2920. The predicted octanol–water partition coefficient (Wildman–Crippen LogP) is 14.8. The highest BCUT2D eigenvalue weighted by atomic mass is 32.1. The summed E-state index contributed by atoms with van der Waals surface area (Å²) in [7, 11) is 0. The van der Waals surface area contributed by atoms with Crippen molar-refractivity contribution in [2.75, 3.05) is 4.90 Å². The number of hydrogen-bond acceptors (Lipinski definition) is 2. The summed E-state index contributed by atoms with van der Waals surface area (Å²) >= 11 is 1.86. The molecule has 0 radical (unpaired) electrons. The number of benzene rings is 9. The van der Waals surface area contributed by atoms with Crippen LogP contribution < -0.4 is 4.90 Å². The van der Waals surface area contributed by atoms with Gasteiger partial charge in [-0.1, -0.05) is 170 Å². The normalized spacial score (nSPS) is 11.5. The Labute approximate surface area is 307 Å². The molecule has 0 unspecified atom stereocenters. The van der Waals surface area contributed by atoms with E-state index >= 15 is 0 Å². The molecule has 0 amide bonds. The predicted molar refractivity (Wildman–Crippen MR) is 225 cm³/mol. The Kier molecular flexibility index (Phi) is 7.41. The molecule has 0 aliphatic rings. The monoisotopic (exact) mass is 679 g/mol. The van der Waals surface area contributed by atoms with Gasteiger partial charge >= 0.3 is 0 Å². The van der Waals surface area contributed by atoms with Crippen LogP contribution in [0.25, 0.3) is 75.1 Å². The van der Waals surface area contributed by atoms with Crippen molar-refractivity contribution in [2.24, 2.45) is 0 Å². The molecule has 0 bridgehead atoms. The molecule has 1 nitrogen and oxygen atoms in total. The SMILES string of the molecule is c1ccc(-c2ccccc2-c2ccccc2-c2ccccc2N(c2ccc3c(c2)sc2ccccc23)c2cc3ccccc3c3ccccc23)cc1. The van der Waals surface area contributed by atoms with E-state index < -0.39 is 0 Å². The third-order valence-electron chi connectivity index (χ3n) is 10.3. The first-order chi connectivity index (χ1) is 25.8. The van der Waals surface area contributed by atoms with Crippen molar-refractivity contribution in [3.05, 3.63) is 200 Å². The number of anilines is 3. The molecule has 10 rings (SSSR count). The van der Waals surface area contributed by atoms with E-state index in [1.807, 2.05) is 11.3 Å². The Morgan fingerprint density at radius 3 is 1.63 bits per heavy atom. The average molecular weight is 680 g/mol. The zero-order valence-electron chi connectivity index (χ0n) is 28.4. The molecule has 2 heteroatoms. The van der Waals surface area contributed by atoms with Gasteiger partial charge in [0.1, 0.15) is 0 Å². The molecule has 0 spiro atoms. The fourth-order valence-electron chi connectivity index (χ4n) is 7.92. The number of thiophene rings is 1. The molecule has 0 atom stereocenters. The van der Waals surface area contributed by atoms with E-state index in [1.54, 1.807) is 0 Å². The maximum Gasteiger partial charge on any atom is 0.0546 e. The number of fused-ring (bicyclic) bond motifs is 6. The van der Waals surface area contributed by atoms with Gasteiger partial charge in [0.2, 0.25) is 0 Å². The van der Waals surface area contributed by atoms with Crippen molar-refractivity contribution >= 4 is 70.1 Å². The van der Waals surface area contributed by atoms with Gasteiger partial charge in [0.15, 0.2) is 0 Å². The summed E-state index contributed by atoms with van der Waals surface area (Å²) < 4.78 is 2.59. The molecule has 10 aromatic rings. The third kappa shape index (κ3) is 5.07. The second-order valence-electron chi connectivity index (χ2n) is 13.3. The molecule has 0 aliphatic carbocycles. The molecule has 244 valence electrons. The third-order valence-corrected chi connectivity index (χ3v) is 11.4. The van der Waals surface area contributed by atoms with Crippen LogP contribution in [-0.2, 0) is 0 Å². The first kappa shape index (κ1) is 30.4. The zero-order chi connectivity index (χ0) is 34.4. The largest absolute Gasteiger partial charge is 0.309 e. The fraction of sp³-hybridized carbons (Fsp3) is 0. The summed E-state index contributed by atoms with van der Waals surface area (Å²) in [6.45, 7) is 0. The number of rotatable bonds is 6. The molecule has 0 fully saturated rings. The summed E-state index contributed by atoms with van der Waals surface area (Å²) in [5.74, 6) is 0. The molecule has 0 saturated heterocycles. The van der Waals surface area contributed by atoms with Gasteiger partial charge < -0.3 is 4.90 Å². The fourth-order valence-corrected chi connectivity index (χ4v) is 9.06. The van der Waals surface area contributed by atoms with Crippen molar-refractivity contribution in [2.45, 2.75) is 0 Å². The van der Waals surface area contributed by atoms with E-state index in [1.165, 1.54) is 75.1 Å². The topological polar surface area (TPSA) is 3.24 Å². The molecule has 9 aromatic carbocycles. The van der Waals surface area contributed by atoms with E-state index in [0.717, 1.165) is 17.1 Å². The maximum atomic E-state index is 2.49. The Balaban J connectivity index is 1.26. The highest BCUT2D eigenvalue weighted by Gasteiger charge is 2.23. The van der Waals surface area contributed by atoms with Crippen LogP contribution in [0.15, 0.2) is 200 Å². The molecular formula is C50H33NS. The second-order valence-corrected chi connectivity index (χ2v) is 14.3. The summed E-state index contributed by atoms with van der Waals surface area (Å²) in [6, 6.07) is 73.0. The van der Waals surface area contributed by atoms with Crippen molar-refractivity contribution in [3.63, 3.8) is 0 Å². The van der Waals surface area contributed by atoms with Crippen LogP contribution in [0, 0.1) is 0 Å². The van der Waals surface area contributed by atoms with Crippen LogP contribution in [0.1, 0.15) is 0 Å². The second kappa shape index (κ2) is 12.7. The molecular weight excluding hydrogens is 647 g/mol. The molecule has 52 heavy (non-hydrogen) atoms. The van der Waals surface area contributed by atoms with E-state index in [4.69, 9.17) is 0 Å². The van der Waals surface area contributed by atoms with E-state index in [2.05, 4.69) is 205 Å². The van der Waals surface area contributed by atoms with Gasteiger partial charge in [0.05, 0.1) is 11.4 Å². The smallest absolute Gasteiger partial charge is 0.0546 e. The van der Waals surface area contributed by atoms with Crippen molar-refractivity contribution in [1.82, 2.24) is 0 Å². The number of para-hydroxylation sites is 1. The Morgan fingerprint density at radius 2 is 0.846 bits per heavy atom. The van der Waals surface area contributed by atoms with Crippen LogP contribution in [-0.4, -0.2) is 0 Å². The zero-order valence-corrected chi connectivity index (χ0v) is 29.2. The first-order valence-electron chi connectivity index (χ1n) is 17.8. The minimum Gasteiger partial charge on any atom is -0.309 e. The molecule has 1 heterocycles. The van der Waals surface area contributed by atoms with Gasteiger partial charge in [-0.2, -0.15) is 0 Å². The van der Waals surface area contributed by atoms with Gasteiger partial charge in [-0.05, 0) is 74.3 Å². The maximum absolute atomic E-state index is 2.49. The lowest BCUT2D eigenvalue weighted by atomic mass is 9.88.